The van der Waals surface area contributed by atoms with E-state index in [-0.39, 0.29) is 18.4 Å². The van der Waals surface area contributed by atoms with Crippen molar-refractivity contribution in [3.63, 3.8) is 0 Å². The number of hydroxylamine groups is 1. The molecule has 1 atom stereocenters. The van der Waals surface area contributed by atoms with E-state index in [4.69, 9.17) is 5.21 Å². The van der Waals surface area contributed by atoms with Crippen LogP contribution in [0.15, 0.2) is 48.5 Å². The van der Waals surface area contributed by atoms with E-state index in [1.807, 2.05) is 48.5 Å². The number of benzene rings is 2. The zero-order valence-corrected chi connectivity index (χ0v) is 18.4. The second-order valence-corrected chi connectivity index (χ2v) is 10.8. The van der Waals surface area contributed by atoms with Crippen molar-refractivity contribution in [2.45, 2.75) is 43.5 Å². The lowest BCUT2D eigenvalue weighted by Crippen LogP contribution is -2.49. The molecule has 2 aromatic rings. The summed E-state index contributed by atoms with van der Waals surface area (Å²) in [4.78, 5) is 11.9. The molecule has 31 heavy (non-hydrogen) atoms. The van der Waals surface area contributed by atoms with E-state index < -0.39 is 20.5 Å². The van der Waals surface area contributed by atoms with Crippen LogP contribution in [-0.2, 0) is 21.1 Å². The van der Waals surface area contributed by atoms with Crippen LogP contribution < -0.4 is 5.48 Å². The fraction of sp³-hybridized carbons (Fsp3) is 0.375. The summed E-state index contributed by atoms with van der Waals surface area (Å²) in [6.07, 6.45) is 2.74. The molecule has 1 aliphatic rings. The van der Waals surface area contributed by atoms with Gasteiger partial charge in [-0.1, -0.05) is 48.2 Å². The van der Waals surface area contributed by atoms with Gasteiger partial charge in [0.25, 0.3) is 5.91 Å². The van der Waals surface area contributed by atoms with Gasteiger partial charge in [-0.05, 0) is 61.4 Å². The Morgan fingerprint density at radius 1 is 1.10 bits per heavy atom. The summed E-state index contributed by atoms with van der Waals surface area (Å²) in [7, 11) is -3.71. The third-order valence-electron chi connectivity index (χ3n) is 6.00. The predicted molar refractivity (Wildman–Crippen MR) is 119 cm³/mol. The van der Waals surface area contributed by atoms with Gasteiger partial charge in [0.2, 0.25) is 0 Å². The molecule has 1 fully saturated rings. The molecule has 0 aromatic heterocycles. The first-order chi connectivity index (χ1) is 14.6. The number of carbonyl (C=O) groups is 1. The molecule has 7 heteroatoms. The monoisotopic (exact) mass is 441 g/mol. The number of hydrogen-bond donors (Lipinski definition) is 3. The van der Waals surface area contributed by atoms with Crippen LogP contribution in [0.25, 0.3) is 11.1 Å². The van der Waals surface area contributed by atoms with Gasteiger partial charge in [0.05, 0.1) is 6.10 Å². The highest BCUT2D eigenvalue weighted by Crippen LogP contribution is 2.27. The predicted octanol–water partition coefficient (Wildman–Crippen LogP) is 2.72. The first kappa shape index (κ1) is 23.0. The summed E-state index contributed by atoms with van der Waals surface area (Å²) in [5, 5.41) is 18.2. The number of carbonyl (C=O) groups excluding carboxylic acids is 1. The highest BCUT2D eigenvalue weighted by atomic mass is 32.2. The average molecular weight is 442 g/mol. The number of aryl methyl sites for hydroxylation is 1. The molecule has 1 unspecified atom stereocenters. The Balaban J connectivity index is 1.65. The zero-order valence-electron chi connectivity index (χ0n) is 17.6. The molecular formula is C24H27NO5S. The lowest BCUT2D eigenvalue weighted by molar-refractivity contribution is -0.131. The molecule has 164 valence electrons. The van der Waals surface area contributed by atoms with E-state index in [0.29, 0.717) is 6.42 Å². The highest BCUT2D eigenvalue weighted by Gasteiger charge is 2.43. The molecule has 6 nitrogen and oxygen atoms in total. The van der Waals surface area contributed by atoms with Crippen LogP contribution in [0.5, 0.6) is 0 Å². The van der Waals surface area contributed by atoms with Crippen molar-refractivity contribution >= 4 is 15.7 Å². The van der Waals surface area contributed by atoms with Gasteiger partial charge in [-0.2, -0.15) is 0 Å². The van der Waals surface area contributed by atoms with E-state index in [2.05, 4.69) is 11.8 Å². The van der Waals surface area contributed by atoms with E-state index >= 15 is 0 Å². The fourth-order valence-corrected chi connectivity index (χ4v) is 4.32. The molecule has 0 bridgehead atoms. The van der Waals surface area contributed by atoms with Crippen LogP contribution >= 0.6 is 0 Å². The molecule has 0 saturated heterocycles. The standard InChI is InChI=1S/C24H27NO5S/c1-24(23(27)25-28,31(2,29)30)14-13-18-7-11-21(12-8-18)20-9-5-17(6-10-20)3-4-19-15-22(26)16-19/h5-12,19,22,26,28H,13-16H2,1-2H3,(H,25,27). The zero-order chi connectivity index (χ0) is 22.6. The summed E-state index contributed by atoms with van der Waals surface area (Å²) in [6, 6.07) is 15.7. The van der Waals surface area contributed by atoms with Crippen molar-refractivity contribution in [1.82, 2.24) is 5.48 Å². The van der Waals surface area contributed by atoms with Crippen molar-refractivity contribution in [3.05, 3.63) is 59.7 Å². The second-order valence-electron chi connectivity index (χ2n) is 8.31. The third-order valence-corrected chi connectivity index (χ3v) is 8.02. The van der Waals surface area contributed by atoms with E-state index in [1.165, 1.54) is 12.4 Å². The highest BCUT2D eigenvalue weighted by molar-refractivity contribution is 7.92. The number of aliphatic hydroxyl groups is 1. The molecule has 1 aliphatic carbocycles. The Morgan fingerprint density at radius 2 is 1.65 bits per heavy atom. The number of rotatable bonds is 6. The smallest absolute Gasteiger partial charge is 0.264 e. The maximum atomic E-state index is 12.1. The molecule has 3 N–H and O–H groups in total. The first-order valence-corrected chi connectivity index (χ1v) is 12.0. The molecule has 0 aliphatic heterocycles. The minimum atomic E-state index is -3.71. The number of sulfone groups is 1. The molecule has 2 aromatic carbocycles. The van der Waals surface area contributed by atoms with Crippen LogP contribution in [0.1, 0.15) is 37.3 Å². The van der Waals surface area contributed by atoms with Crippen LogP contribution in [0.2, 0.25) is 0 Å². The van der Waals surface area contributed by atoms with Crippen LogP contribution in [0, 0.1) is 17.8 Å². The van der Waals surface area contributed by atoms with Gasteiger partial charge in [0, 0.05) is 17.7 Å². The molecule has 0 heterocycles. The van der Waals surface area contributed by atoms with E-state index in [0.717, 1.165) is 41.4 Å². The van der Waals surface area contributed by atoms with Crippen molar-refractivity contribution in [2.24, 2.45) is 5.92 Å². The lowest BCUT2D eigenvalue weighted by atomic mass is 9.83. The molecule has 0 radical (unpaired) electrons. The number of hydrogen-bond acceptors (Lipinski definition) is 5. The second kappa shape index (κ2) is 9.23. The van der Waals surface area contributed by atoms with Gasteiger partial charge in [-0.3, -0.25) is 10.0 Å². The van der Waals surface area contributed by atoms with Gasteiger partial charge >= 0.3 is 0 Å². The summed E-state index contributed by atoms with van der Waals surface area (Å²) in [5.41, 5.74) is 5.36. The maximum absolute atomic E-state index is 12.1. The minimum Gasteiger partial charge on any atom is -0.393 e. The topological polar surface area (TPSA) is 104 Å². The van der Waals surface area contributed by atoms with Crippen LogP contribution in [0.3, 0.4) is 0 Å². The van der Waals surface area contributed by atoms with Crippen molar-refractivity contribution < 1.29 is 23.5 Å². The number of amides is 1. The average Bonchev–Trinajstić information content (AvgIpc) is 2.73. The largest absolute Gasteiger partial charge is 0.393 e. The van der Waals surface area contributed by atoms with Gasteiger partial charge in [-0.25, -0.2) is 13.9 Å². The van der Waals surface area contributed by atoms with Gasteiger partial charge in [0.1, 0.15) is 4.75 Å². The summed E-state index contributed by atoms with van der Waals surface area (Å²) >= 11 is 0. The van der Waals surface area contributed by atoms with Crippen LogP contribution in [-0.4, -0.2) is 41.7 Å². The van der Waals surface area contributed by atoms with Crippen LogP contribution in [0.4, 0.5) is 0 Å². The molecular weight excluding hydrogens is 414 g/mol. The number of aliphatic hydroxyl groups excluding tert-OH is 1. The summed E-state index contributed by atoms with van der Waals surface area (Å²) in [5.74, 6) is 5.70. The van der Waals surface area contributed by atoms with Crippen molar-refractivity contribution in [3.8, 4) is 23.0 Å². The first-order valence-electron chi connectivity index (χ1n) is 10.2. The number of nitrogens with one attached hydrogen (secondary N) is 1. The Morgan fingerprint density at radius 3 is 2.13 bits per heavy atom. The van der Waals surface area contributed by atoms with Crippen molar-refractivity contribution in [1.29, 1.82) is 0 Å². The quantitative estimate of drug-likeness (QED) is 0.363. The third kappa shape index (κ3) is 5.34. The Bertz CT molecular complexity index is 1090. The molecule has 3 rings (SSSR count). The molecule has 0 spiro atoms. The maximum Gasteiger partial charge on any atom is 0.264 e. The molecule has 1 saturated carbocycles. The van der Waals surface area contributed by atoms with Gasteiger partial charge < -0.3 is 5.11 Å². The Kier molecular flexibility index (Phi) is 6.85. The Hall–Kier alpha value is -2.66. The fourth-order valence-electron chi connectivity index (χ4n) is 3.47. The van der Waals surface area contributed by atoms with E-state index in [1.54, 1.807) is 0 Å². The normalized spacial score (nSPS) is 20.0. The summed E-state index contributed by atoms with van der Waals surface area (Å²) in [6.45, 7) is 1.32. The van der Waals surface area contributed by atoms with Gasteiger partial charge in [0.15, 0.2) is 9.84 Å². The summed E-state index contributed by atoms with van der Waals surface area (Å²) < 4.78 is 22.4. The molecule has 1 amide bonds. The lowest BCUT2D eigenvalue weighted by Gasteiger charge is -2.26. The SMILES string of the molecule is CC(CCc1ccc(-c2ccc(C#CC3CC(O)C3)cc2)cc1)(C(=O)NO)S(C)(=O)=O. The van der Waals surface area contributed by atoms with Gasteiger partial charge in [-0.15, -0.1) is 0 Å². The van der Waals surface area contributed by atoms with Crippen molar-refractivity contribution in [2.75, 3.05) is 6.26 Å². The Labute approximate surface area is 183 Å². The van der Waals surface area contributed by atoms with E-state index in [9.17, 15) is 18.3 Å². The minimum absolute atomic E-state index is 0.0585.